The number of benzene rings is 2. The highest BCUT2D eigenvalue weighted by atomic mass is 16.6. The summed E-state index contributed by atoms with van der Waals surface area (Å²) in [6.07, 6.45) is 1.65. The first-order valence-corrected chi connectivity index (χ1v) is 7.90. The lowest BCUT2D eigenvalue weighted by Crippen LogP contribution is -1.93. The van der Waals surface area contributed by atoms with E-state index in [2.05, 4.69) is 9.97 Å². The van der Waals surface area contributed by atoms with Crippen molar-refractivity contribution in [3.8, 4) is 22.8 Å². The molecule has 0 saturated carbocycles. The number of aromatic amines is 1. The predicted molar refractivity (Wildman–Crippen MR) is 98.8 cm³/mol. The minimum absolute atomic E-state index is 0.0151. The average molecular weight is 349 g/mol. The summed E-state index contributed by atoms with van der Waals surface area (Å²) in [5, 5.41) is 13.2. The van der Waals surface area contributed by atoms with Crippen LogP contribution < -0.4 is 9.47 Å². The fraction of sp³-hybridized carbons (Fsp3) is 0.105. The van der Waals surface area contributed by atoms with Gasteiger partial charge in [0.1, 0.15) is 5.69 Å². The molecule has 7 heteroatoms. The van der Waals surface area contributed by atoms with Crippen molar-refractivity contribution in [2.75, 3.05) is 14.2 Å². The number of para-hydroxylation sites is 1. The van der Waals surface area contributed by atoms with Crippen LogP contribution in [0.2, 0.25) is 0 Å². The summed E-state index contributed by atoms with van der Waals surface area (Å²) in [6, 6.07) is 12.2. The molecule has 2 aromatic carbocycles. The summed E-state index contributed by atoms with van der Waals surface area (Å²) >= 11 is 0. The molecule has 2 heterocycles. The molecule has 0 radical (unpaired) electrons. The van der Waals surface area contributed by atoms with Crippen molar-refractivity contribution in [1.82, 2.24) is 9.97 Å². The Kier molecular flexibility index (Phi) is 3.69. The number of fused-ring (bicyclic) bond motifs is 3. The second-order valence-corrected chi connectivity index (χ2v) is 5.73. The predicted octanol–water partition coefficient (Wildman–Crippen LogP) is 4.31. The van der Waals surface area contributed by atoms with Gasteiger partial charge in [0, 0.05) is 29.1 Å². The van der Waals surface area contributed by atoms with E-state index in [9.17, 15) is 10.1 Å². The van der Waals surface area contributed by atoms with E-state index in [-0.39, 0.29) is 5.69 Å². The van der Waals surface area contributed by atoms with E-state index in [4.69, 9.17) is 9.47 Å². The molecule has 0 aliphatic heterocycles. The summed E-state index contributed by atoms with van der Waals surface area (Å²) in [7, 11) is 3.16. The van der Waals surface area contributed by atoms with Crippen molar-refractivity contribution in [3.63, 3.8) is 0 Å². The van der Waals surface area contributed by atoms with E-state index >= 15 is 0 Å². The Labute approximate surface area is 148 Å². The number of nitrogens with one attached hydrogen (secondary N) is 1. The Morgan fingerprint density at radius 1 is 1.04 bits per heavy atom. The molecular weight excluding hydrogens is 334 g/mol. The number of pyridine rings is 1. The lowest BCUT2D eigenvalue weighted by Gasteiger charge is -2.07. The molecule has 0 amide bonds. The number of nitro groups is 1. The summed E-state index contributed by atoms with van der Waals surface area (Å²) in [6.45, 7) is 0. The Hall–Kier alpha value is -3.61. The van der Waals surface area contributed by atoms with E-state index in [0.29, 0.717) is 22.8 Å². The van der Waals surface area contributed by atoms with Crippen molar-refractivity contribution >= 4 is 27.5 Å². The zero-order valence-electron chi connectivity index (χ0n) is 14.1. The number of hydrogen-bond donors (Lipinski definition) is 1. The molecule has 0 bridgehead atoms. The van der Waals surface area contributed by atoms with E-state index in [1.54, 1.807) is 38.6 Å². The van der Waals surface area contributed by atoms with Crippen LogP contribution in [0.4, 0.5) is 5.69 Å². The molecule has 7 nitrogen and oxygen atoms in total. The summed E-state index contributed by atoms with van der Waals surface area (Å²) in [5.41, 5.74) is 2.58. The third-order valence-corrected chi connectivity index (χ3v) is 4.38. The van der Waals surface area contributed by atoms with Gasteiger partial charge in [0.25, 0.3) is 5.69 Å². The van der Waals surface area contributed by atoms with Gasteiger partial charge in [-0.15, -0.1) is 0 Å². The van der Waals surface area contributed by atoms with E-state index in [1.165, 1.54) is 6.07 Å². The van der Waals surface area contributed by atoms with Crippen LogP contribution >= 0.6 is 0 Å². The van der Waals surface area contributed by atoms with Gasteiger partial charge in [0.15, 0.2) is 11.5 Å². The quantitative estimate of drug-likeness (QED) is 0.438. The largest absolute Gasteiger partial charge is 0.493 e. The zero-order chi connectivity index (χ0) is 18.3. The molecule has 0 spiro atoms. The number of nitro benzene ring substituents is 1. The van der Waals surface area contributed by atoms with Crippen molar-refractivity contribution in [3.05, 3.63) is 58.8 Å². The van der Waals surface area contributed by atoms with Crippen LogP contribution in [-0.2, 0) is 0 Å². The number of rotatable bonds is 4. The maximum Gasteiger partial charge on any atom is 0.278 e. The molecule has 2 aromatic heterocycles. The van der Waals surface area contributed by atoms with Crippen LogP contribution in [-0.4, -0.2) is 29.1 Å². The molecule has 0 fully saturated rings. The lowest BCUT2D eigenvalue weighted by atomic mass is 10.1. The SMILES string of the molecule is COc1cc2[nH]c3c(-c4ccccc4[N+](=O)[O-])nccc3c2cc1OC. The van der Waals surface area contributed by atoms with Gasteiger partial charge in [-0.1, -0.05) is 12.1 Å². The van der Waals surface area contributed by atoms with Gasteiger partial charge in [0.05, 0.1) is 35.7 Å². The van der Waals surface area contributed by atoms with Crippen molar-refractivity contribution in [1.29, 1.82) is 0 Å². The monoisotopic (exact) mass is 349 g/mol. The Bertz CT molecular complexity index is 1150. The third kappa shape index (κ3) is 2.33. The normalized spacial score (nSPS) is 11.0. The number of methoxy groups -OCH3 is 2. The van der Waals surface area contributed by atoms with Gasteiger partial charge in [0.2, 0.25) is 0 Å². The number of aromatic nitrogens is 2. The second-order valence-electron chi connectivity index (χ2n) is 5.73. The molecule has 130 valence electrons. The van der Waals surface area contributed by atoms with Crippen molar-refractivity contribution in [2.24, 2.45) is 0 Å². The number of hydrogen-bond acceptors (Lipinski definition) is 5. The molecule has 0 atom stereocenters. The highest BCUT2D eigenvalue weighted by Crippen LogP contribution is 2.39. The maximum absolute atomic E-state index is 11.4. The Morgan fingerprint density at radius 2 is 1.77 bits per heavy atom. The first-order chi connectivity index (χ1) is 12.6. The van der Waals surface area contributed by atoms with E-state index in [1.807, 2.05) is 18.2 Å². The maximum atomic E-state index is 11.4. The molecule has 26 heavy (non-hydrogen) atoms. The van der Waals surface area contributed by atoms with Gasteiger partial charge in [-0.3, -0.25) is 15.1 Å². The molecule has 0 aliphatic rings. The number of nitrogens with zero attached hydrogens (tertiary/aromatic N) is 2. The minimum Gasteiger partial charge on any atom is -0.493 e. The van der Waals surface area contributed by atoms with Crippen LogP contribution in [0.5, 0.6) is 11.5 Å². The topological polar surface area (TPSA) is 90.3 Å². The van der Waals surface area contributed by atoms with Crippen LogP contribution in [0, 0.1) is 10.1 Å². The minimum atomic E-state index is -0.398. The highest BCUT2D eigenvalue weighted by molar-refractivity contribution is 6.12. The Morgan fingerprint density at radius 3 is 2.50 bits per heavy atom. The van der Waals surface area contributed by atoms with Gasteiger partial charge in [-0.2, -0.15) is 0 Å². The van der Waals surface area contributed by atoms with Crippen molar-refractivity contribution < 1.29 is 14.4 Å². The lowest BCUT2D eigenvalue weighted by molar-refractivity contribution is -0.384. The van der Waals surface area contributed by atoms with Crippen LogP contribution in [0.25, 0.3) is 33.1 Å². The number of H-pyrrole nitrogens is 1. The van der Waals surface area contributed by atoms with Gasteiger partial charge >= 0.3 is 0 Å². The Balaban J connectivity index is 2.06. The fourth-order valence-electron chi connectivity index (χ4n) is 3.19. The third-order valence-electron chi connectivity index (χ3n) is 4.38. The van der Waals surface area contributed by atoms with E-state index in [0.717, 1.165) is 21.8 Å². The highest BCUT2D eigenvalue weighted by Gasteiger charge is 2.20. The summed E-state index contributed by atoms with van der Waals surface area (Å²) in [5.74, 6) is 1.22. The first-order valence-electron chi connectivity index (χ1n) is 7.90. The molecule has 0 unspecified atom stereocenters. The molecule has 4 rings (SSSR count). The van der Waals surface area contributed by atoms with E-state index < -0.39 is 4.92 Å². The second kappa shape index (κ2) is 6.03. The molecule has 0 aliphatic carbocycles. The summed E-state index contributed by atoms with van der Waals surface area (Å²) in [4.78, 5) is 18.7. The molecule has 1 N–H and O–H groups in total. The fourth-order valence-corrected chi connectivity index (χ4v) is 3.19. The smallest absolute Gasteiger partial charge is 0.278 e. The van der Waals surface area contributed by atoms with Crippen LogP contribution in [0.15, 0.2) is 48.7 Å². The van der Waals surface area contributed by atoms with Gasteiger partial charge < -0.3 is 14.5 Å². The number of ether oxygens (including phenoxy) is 2. The average Bonchev–Trinajstić information content (AvgIpc) is 3.04. The van der Waals surface area contributed by atoms with Crippen LogP contribution in [0.3, 0.4) is 0 Å². The molecule has 4 aromatic rings. The first kappa shape index (κ1) is 15.9. The van der Waals surface area contributed by atoms with Crippen LogP contribution in [0.1, 0.15) is 0 Å². The summed E-state index contributed by atoms with van der Waals surface area (Å²) < 4.78 is 10.7. The van der Waals surface area contributed by atoms with Crippen molar-refractivity contribution in [2.45, 2.75) is 0 Å². The zero-order valence-corrected chi connectivity index (χ0v) is 14.1. The molecule has 0 saturated heterocycles. The standard InChI is InChI=1S/C19H15N3O4/c1-25-16-9-13-11-7-8-20-18(12-5-3-4-6-15(12)22(23)24)19(11)21-14(13)10-17(16)26-2/h3-10,21H,1-2H3. The van der Waals surface area contributed by atoms with Gasteiger partial charge in [-0.05, 0) is 18.2 Å². The van der Waals surface area contributed by atoms with Gasteiger partial charge in [-0.25, -0.2) is 0 Å². The molecular formula is C19H15N3O4.